The molecular formula is C24H18Cl2F2N2O4. The lowest BCUT2D eigenvalue weighted by molar-refractivity contribution is -0.141. The molecule has 1 heterocycles. The summed E-state index contributed by atoms with van der Waals surface area (Å²) in [6, 6.07) is 11.3. The number of benzene rings is 2. The second kappa shape index (κ2) is 8.29. The topological polar surface area (TPSA) is 80.6 Å². The van der Waals surface area contributed by atoms with Crippen molar-refractivity contribution in [2.45, 2.75) is 30.3 Å². The molecule has 0 spiro atoms. The number of ether oxygens (including phenoxy) is 1. The highest BCUT2D eigenvalue weighted by atomic mass is 35.5. The van der Waals surface area contributed by atoms with E-state index in [1.54, 1.807) is 12.1 Å². The Bertz CT molecular complexity index is 1290. The molecule has 3 aromatic rings. The molecule has 6 rings (SSSR count). The van der Waals surface area contributed by atoms with Crippen LogP contribution in [0, 0.1) is 11.6 Å². The predicted molar refractivity (Wildman–Crippen MR) is 121 cm³/mol. The fourth-order valence-corrected chi connectivity index (χ4v) is 4.90. The van der Waals surface area contributed by atoms with Crippen LogP contribution in [0.2, 0.25) is 10.0 Å². The summed E-state index contributed by atoms with van der Waals surface area (Å²) in [6.45, 7) is -0.261. The van der Waals surface area contributed by atoms with Crippen molar-refractivity contribution in [1.82, 2.24) is 10.6 Å². The van der Waals surface area contributed by atoms with E-state index in [0.717, 1.165) is 6.07 Å². The number of carbonyl (C=O) groups excluding carboxylic acids is 2. The van der Waals surface area contributed by atoms with Crippen LogP contribution in [0.5, 0.6) is 5.75 Å². The Labute approximate surface area is 203 Å². The highest BCUT2D eigenvalue weighted by Crippen LogP contribution is 2.60. The van der Waals surface area contributed by atoms with Gasteiger partial charge in [-0.2, -0.15) is 0 Å². The number of halogens is 4. The van der Waals surface area contributed by atoms with Gasteiger partial charge in [-0.15, -0.1) is 0 Å². The molecule has 0 aliphatic heterocycles. The van der Waals surface area contributed by atoms with E-state index >= 15 is 0 Å². The number of carbonyl (C=O) groups is 2. The van der Waals surface area contributed by atoms with Gasteiger partial charge in [0.05, 0.1) is 10.0 Å². The minimum Gasteiger partial charge on any atom is -0.484 e. The zero-order chi connectivity index (χ0) is 24.1. The van der Waals surface area contributed by atoms with E-state index in [4.69, 9.17) is 32.4 Å². The molecule has 0 saturated heterocycles. The largest absolute Gasteiger partial charge is 0.484 e. The van der Waals surface area contributed by atoms with Crippen molar-refractivity contribution in [1.29, 1.82) is 0 Å². The molecule has 2 bridgehead atoms. The lowest BCUT2D eigenvalue weighted by Gasteiger charge is -2.70. The highest BCUT2D eigenvalue weighted by Gasteiger charge is 2.69. The predicted octanol–water partition coefficient (Wildman–Crippen LogP) is 5.13. The van der Waals surface area contributed by atoms with Crippen LogP contribution in [0.4, 0.5) is 8.78 Å². The van der Waals surface area contributed by atoms with Gasteiger partial charge in [0.1, 0.15) is 23.1 Å². The van der Waals surface area contributed by atoms with Crippen LogP contribution in [0.25, 0.3) is 11.3 Å². The molecule has 6 nitrogen and oxygen atoms in total. The molecule has 0 atom stereocenters. The molecule has 3 aliphatic rings. The number of hydrogen-bond donors (Lipinski definition) is 2. The van der Waals surface area contributed by atoms with Crippen LogP contribution in [0.15, 0.2) is 52.9 Å². The molecule has 10 heteroatoms. The first-order valence-electron chi connectivity index (χ1n) is 10.4. The van der Waals surface area contributed by atoms with Crippen LogP contribution < -0.4 is 15.4 Å². The molecule has 3 aliphatic carbocycles. The third kappa shape index (κ3) is 4.23. The Morgan fingerprint density at radius 3 is 2.24 bits per heavy atom. The van der Waals surface area contributed by atoms with E-state index in [1.165, 1.54) is 30.3 Å². The summed E-state index contributed by atoms with van der Waals surface area (Å²) in [4.78, 5) is 24.9. The number of rotatable bonds is 7. The third-order valence-electron chi connectivity index (χ3n) is 6.11. The molecule has 0 unspecified atom stereocenters. The van der Waals surface area contributed by atoms with E-state index in [0.29, 0.717) is 30.6 Å². The van der Waals surface area contributed by atoms with Gasteiger partial charge in [0.15, 0.2) is 12.4 Å². The zero-order valence-corrected chi connectivity index (χ0v) is 19.1. The quantitative estimate of drug-likeness (QED) is 0.465. The van der Waals surface area contributed by atoms with Crippen molar-refractivity contribution < 1.29 is 27.5 Å². The maximum absolute atomic E-state index is 13.7. The van der Waals surface area contributed by atoms with E-state index in [2.05, 4.69) is 10.6 Å². The van der Waals surface area contributed by atoms with Crippen molar-refractivity contribution >= 4 is 35.0 Å². The van der Waals surface area contributed by atoms with Crippen molar-refractivity contribution in [3.05, 3.63) is 76.0 Å². The summed E-state index contributed by atoms with van der Waals surface area (Å²) in [5.74, 6) is -1.25. The Kier molecular flexibility index (Phi) is 5.53. The van der Waals surface area contributed by atoms with Crippen LogP contribution in [0.3, 0.4) is 0 Å². The van der Waals surface area contributed by atoms with Crippen molar-refractivity contribution in [2.24, 2.45) is 0 Å². The maximum atomic E-state index is 13.7. The monoisotopic (exact) mass is 506 g/mol. The van der Waals surface area contributed by atoms with Gasteiger partial charge in [-0.3, -0.25) is 9.59 Å². The summed E-state index contributed by atoms with van der Waals surface area (Å²) < 4.78 is 38.1. The molecule has 1 aromatic heterocycles. The zero-order valence-electron chi connectivity index (χ0n) is 17.6. The number of hydrogen-bond acceptors (Lipinski definition) is 4. The Hall–Kier alpha value is -3.10. The average molecular weight is 507 g/mol. The number of amides is 2. The van der Waals surface area contributed by atoms with Crippen molar-refractivity contribution in [2.75, 3.05) is 6.61 Å². The lowest BCUT2D eigenvalue weighted by atomic mass is 9.44. The molecule has 2 aromatic carbocycles. The molecule has 2 N–H and O–H groups in total. The van der Waals surface area contributed by atoms with Gasteiger partial charge in [0.25, 0.3) is 11.8 Å². The maximum Gasteiger partial charge on any atom is 0.287 e. The Morgan fingerprint density at radius 1 is 0.912 bits per heavy atom. The Balaban J connectivity index is 1.11. The van der Waals surface area contributed by atoms with Gasteiger partial charge in [-0.05, 0) is 61.7 Å². The van der Waals surface area contributed by atoms with E-state index in [1.807, 2.05) is 0 Å². The summed E-state index contributed by atoms with van der Waals surface area (Å²) in [5.41, 5.74) is -0.311. The summed E-state index contributed by atoms with van der Waals surface area (Å²) in [6.07, 6.45) is 1.76. The lowest BCUT2D eigenvalue weighted by Crippen LogP contribution is -2.84. The van der Waals surface area contributed by atoms with Gasteiger partial charge in [0.2, 0.25) is 0 Å². The fraction of sp³-hybridized carbons (Fsp3) is 0.250. The summed E-state index contributed by atoms with van der Waals surface area (Å²) in [7, 11) is 0. The molecule has 34 heavy (non-hydrogen) atoms. The second-order valence-electron chi connectivity index (χ2n) is 8.75. The van der Waals surface area contributed by atoms with Gasteiger partial charge in [-0.1, -0.05) is 23.2 Å². The molecular weight excluding hydrogens is 489 g/mol. The third-order valence-corrected chi connectivity index (χ3v) is 6.72. The van der Waals surface area contributed by atoms with Crippen molar-refractivity contribution in [3.63, 3.8) is 0 Å². The van der Waals surface area contributed by atoms with E-state index < -0.39 is 17.2 Å². The van der Waals surface area contributed by atoms with E-state index in [9.17, 15) is 18.4 Å². The summed E-state index contributed by atoms with van der Waals surface area (Å²) in [5, 5.41) is 5.86. The first-order chi connectivity index (χ1) is 16.2. The SMILES string of the molecule is O=C(COc1ccc(Cl)c(F)c1)NC12CC(NC(=O)c3ccc(-c4ccc(Cl)c(F)c4)o3)(C1)C2. The first-order valence-corrected chi connectivity index (χ1v) is 11.2. The second-order valence-corrected chi connectivity index (χ2v) is 9.57. The molecule has 0 radical (unpaired) electrons. The van der Waals surface area contributed by atoms with E-state index in [-0.39, 0.29) is 45.5 Å². The van der Waals surface area contributed by atoms with Crippen LogP contribution in [-0.4, -0.2) is 29.5 Å². The number of nitrogens with one attached hydrogen (secondary N) is 2. The first kappa shape index (κ1) is 22.7. The van der Waals surface area contributed by atoms with Gasteiger partial charge in [-0.25, -0.2) is 8.78 Å². The smallest absolute Gasteiger partial charge is 0.287 e. The number of furan rings is 1. The minimum atomic E-state index is -0.624. The molecule has 3 saturated carbocycles. The van der Waals surface area contributed by atoms with Gasteiger partial charge >= 0.3 is 0 Å². The van der Waals surface area contributed by atoms with Gasteiger partial charge in [0, 0.05) is 22.7 Å². The van der Waals surface area contributed by atoms with Crippen LogP contribution in [-0.2, 0) is 4.79 Å². The molecule has 2 amide bonds. The van der Waals surface area contributed by atoms with Crippen LogP contribution >= 0.6 is 23.2 Å². The molecule has 3 fully saturated rings. The normalized spacial score (nSPS) is 22.4. The van der Waals surface area contributed by atoms with Gasteiger partial charge < -0.3 is 19.8 Å². The fourth-order valence-electron chi connectivity index (χ4n) is 4.67. The minimum absolute atomic E-state index is 0.00310. The highest BCUT2D eigenvalue weighted by molar-refractivity contribution is 6.31. The Morgan fingerprint density at radius 2 is 1.56 bits per heavy atom. The average Bonchev–Trinajstić information content (AvgIpc) is 3.24. The summed E-state index contributed by atoms with van der Waals surface area (Å²) >= 11 is 11.3. The van der Waals surface area contributed by atoms with Crippen molar-refractivity contribution in [3.8, 4) is 17.1 Å². The van der Waals surface area contributed by atoms with Crippen LogP contribution in [0.1, 0.15) is 29.8 Å². The standard InChI is InChI=1S/C24H18Cl2F2N2O4/c25-15-3-1-13(7-17(15)27)19-5-6-20(34-19)22(32)30-24-10-23(11-24,12-24)29-21(31)9-33-14-2-4-16(26)18(28)8-14/h1-8H,9-12H2,(H,29,31)(H,30,32). The molecule has 176 valence electrons.